The number of amides is 2. The molecule has 5 nitrogen and oxygen atoms in total. The fourth-order valence-corrected chi connectivity index (χ4v) is 5.73. The summed E-state index contributed by atoms with van der Waals surface area (Å²) in [6.45, 7) is 5.48. The quantitative estimate of drug-likeness (QED) is 0.538. The van der Waals surface area contributed by atoms with E-state index in [0.29, 0.717) is 24.2 Å². The first-order valence-corrected chi connectivity index (χ1v) is 12.3. The lowest BCUT2D eigenvalue weighted by atomic mass is 9.76. The molecule has 1 saturated heterocycles. The lowest BCUT2D eigenvalue weighted by molar-refractivity contribution is -0.125. The highest BCUT2D eigenvalue weighted by Gasteiger charge is 2.44. The average Bonchev–Trinajstić information content (AvgIpc) is 3.44. The molecular weight excluding hydrogens is 429 g/mol. The Bertz CT molecular complexity index is 1210. The van der Waals surface area contributed by atoms with E-state index in [0.717, 1.165) is 43.2 Å². The highest BCUT2D eigenvalue weighted by atomic mass is 19.1. The number of piperidine rings is 1. The smallest absolute Gasteiger partial charge is 0.270 e. The predicted molar refractivity (Wildman–Crippen MR) is 131 cm³/mol. The molecule has 2 heterocycles. The van der Waals surface area contributed by atoms with Crippen LogP contribution >= 0.6 is 0 Å². The molecule has 1 aliphatic heterocycles. The van der Waals surface area contributed by atoms with Crippen LogP contribution in [0.1, 0.15) is 66.7 Å². The zero-order valence-corrected chi connectivity index (χ0v) is 19.9. The minimum Gasteiger partial charge on any atom is -0.351 e. The third-order valence-corrected chi connectivity index (χ3v) is 7.93. The van der Waals surface area contributed by atoms with E-state index in [1.807, 2.05) is 11.8 Å². The number of nitrogens with zero attached hydrogens (tertiary/aromatic N) is 1. The second-order valence-electron chi connectivity index (χ2n) is 10.3. The Labute approximate surface area is 199 Å². The monoisotopic (exact) mass is 461 g/mol. The standard InChI is InChI=1S/C28H32FN3O2/c1-18-3-5-20(6-4-18)19(2)30-26(33)21-9-10-28(17-21)11-13-32(14-12-28)27(34)25-16-22-15-23(29)7-8-24(22)31-25/h3-8,15-16,19,21,31H,9-14,17H2,1-2H3,(H,30,33)/t19-,21?/m1/s1. The van der Waals surface area contributed by atoms with Crippen LogP contribution in [-0.4, -0.2) is 34.8 Å². The van der Waals surface area contributed by atoms with E-state index < -0.39 is 0 Å². The number of likely N-dealkylation sites (tertiary alicyclic amines) is 1. The maximum atomic E-state index is 13.5. The first-order chi connectivity index (χ1) is 16.3. The molecule has 1 unspecified atom stereocenters. The first kappa shape index (κ1) is 22.6. The van der Waals surface area contributed by atoms with Crippen LogP contribution in [-0.2, 0) is 4.79 Å². The largest absolute Gasteiger partial charge is 0.351 e. The Hall–Kier alpha value is -3.15. The van der Waals surface area contributed by atoms with Gasteiger partial charge in [-0.25, -0.2) is 4.39 Å². The molecule has 1 spiro atoms. The van der Waals surface area contributed by atoms with Gasteiger partial charge in [-0.15, -0.1) is 0 Å². The molecule has 2 N–H and O–H groups in total. The number of hydrogen-bond acceptors (Lipinski definition) is 2. The highest BCUT2D eigenvalue weighted by Crippen LogP contribution is 2.49. The molecule has 178 valence electrons. The summed E-state index contributed by atoms with van der Waals surface area (Å²) >= 11 is 0. The number of aryl methyl sites for hydroxylation is 1. The van der Waals surface area contributed by atoms with Crippen molar-refractivity contribution in [3.63, 3.8) is 0 Å². The van der Waals surface area contributed by atoms with E-state index in [2.05, 4.69) is 41.5 Å². The van der Waals surface area contributed by atoms with E-state index in [4.69, 9.17) is 0 Å². The zero-order valence-electron chi connectivity index (χ0n) is 19.9. The Balaban J connectivity index is 1.16. The molecule has 0 radical (unpaired) electrons. The first-order valence-electron chi connectivity index (χ1n) is 12.3. The highest BCUT2D eigenvalue weighted by molar-refractivity contribution is 5.98. The van der Waals surface area contributed by atoms with Crippen molar-refractivity contribution in [2.24, 2.45) is 11.3 Å². The van der Waals surface area contributed by atoms with Gasteiger partial charge in [0, 0.05) is 29.9 Å². The van der Waals surface area contributed by atoms with Crippen molar-refractivity contribution in [1.82, 2.24) is 15.2 Å². The van der Waals surface area contributed by atoms with Crippen LogP contribution in [0.25, 0.3) is 10.9 Å². The second kappa shape index (κ2) is 8.90. The van der Waals surface area contributed by atoms with Crippen LogP contribution in [0, 0.1) is 24.1 Å². The zero-order chi connectivity index (χ0) is 23.9. The summed E-state index contributed by atoms with van der Waals surface area (Å²) in [6.07, 6.45) is 4.69. The van der Waals surface area contributed by atoms with Gasteiger partial charge in [-0.05, 0) is 81.2 Å². The number of halogens is 1. The fraction of sp³-hybridized carbons (Fsp3) is 0.429. The summed E-state index contributed by atoms with van der Waals surface area (Å²) in [4.78, 5) is 31.0. The number of aromatic nitrogens is 1. The van der Waals surface area contributed by atoms with Gasteiger partial charge in [-0.2, -0.15) is 0 Å². The van der Waals surface area contributed by atoms with E-state index in [9.17, 15) is 14.0 Å². The van der Waals surface area contributed by atoms with Crippen LogP contribution in [0.15, 0.2) is 48.5 Å². The summed E-state index contributed by atoms with van der Waals surface area (Å²) < 4.78 is 13.5. The summed E-state index contributed by atoms with van der Waals surface area (Å²) in [5.41, 5.74) is 3.75. The Morgan fingerprint density at radius 3 is 2.56 bits per heavy atom. The molecule has 1 saturated carbocycles. The Morgan fingerprint density at radius 2 is 1.82 bits per heavy atom. The van der Waals surface area contributed by atoms with Gasteiger partial charge in [0.05, 0.1) is 6.04 Å². The van der Waals surface area contributed by atoms with Crippen molar-refractivity contribution in [2.45, 2.75) is 52.0 Å². The maximum absolute atomic E-state index is 13.5. The average molecular weight is 462 g/mol. The number of carbonyl (C=O) groups is 2. The summed E-state index contributed by atoms with van der Waals surface area (Å²) in [7, 11) is 0. The van der Waals surface area contributed by atoms with Gasteiger partial charge in [0.25, 0.3) is 5.91 Å². The van der Waals surface area contributed by atoms with Crippen LogP contribution in [0.5, 0.6) is 0 Å². The van der Waals surface area contributed by atoms with Crippen molar-refractivity contribution in [1.29, 1.82) is 0 Å². The number of rotatable bonds is 4. The van der Waals surface area contributed by atoms with Crippen LogP contribution in [0.3, 0.4) is 0 Å². The maximum Gasteiger partial charge on any atom is 0.270 e. The summed E-state index contributed by atoms with van der Waals surface area (Å²) in [6, 6.07) is 14.5. The SMILES string of the molecule is Cc1ccc([C@@H](C)NC(=O)C2CCC3(CCN(C(=O)c4cc5cc(F)ccc5[nH]4)CC3)C2)cc1. The van der Waals surface area contributed by atoms with Crippen LogP contribution in [0.4, 0.5) is 4.39 Å². The minimum atomic E-state index is -0.307. The molecule has 2 aromatic carbocycles. The molecule has 5 rings (SSSR count). The fourth-order valence-electron chi connectivity index (χ4n) is 5.73. The topological polar surface area (TPSA) is 65.2 Å². The van der Waals surface area contributed by atoms with Gasteiger partial charge in [-0.3, -0.25) is 9.59 Å². The molecule has 2 aliphatic rings. The number of fused-ring (bicyclic) bond motifs is 1. The molecule has 2 fully saturated rings. The third kappa shape index (κ3) is 4.46. The Kier molecular flexibility index (Phi) is 5.92. The predicted octanol–water partition coefficient (Wildman–Crippen LogP) is 5.52. The summed E-state index contributed by atoms with van der Waals surface area (Å²) in [5.74, 6) is -0.156. The third-order valence-electron chi connectivity index (χ3n) is 7.93. The molecule has 2 atom stereocenters. The molecule has 3 aromatic rings. The van der Waals surface area contributed by atoms with Crippen molar-refractivity contribution in [3.8, 4) is 0 Å². The van der Waals surface area contributed by atoms with Crippen molar-refractivity contribution < 1.29 is 14.0 Å². The minimum absolute atomic E-state index is 0.00565. The van der Waals surface area contributed by atoms with E-state index in [1.165, 1.54) is 17.7 Å². The normalized spacial score (nSPS) is 20.6. The Morgan fingerprint density at radius 1 is 1.09 bits per heavy atom. The van der Waals surface area contributed by atoms with Gasteiger partial charge in [0.15, 0.2) is 0 Å². The van der Waals surface area contributed by atoms with Gasteiger partial charge in [0.2, 0.25) is 5.91 Å². The molecule has 2 amide bonds. The number of benzene rings is 2. The molecule has 6 heteroatoms. The van der Waals surface area contributed by atoms with Gasteiger partial charge in [-0.1, -0.05) is 29.8 Å². The molecule has 1 aliphatic carbocycles. The van der Waals surface area contributed by atoms with Crippen molar-refractivity contribution in [2.75, 3.05) is 13.1 Å². The molecule has 1 aromatic heterocycles. The number of carbonyl (C=O) groups excluding carboxylic acids is 2. The van der Waals surface area contributed by atoms with Crippen molar-refractivity contribution >= 4 is 22.7 Å². The van der Waals surface area contributed by atoms with Gasteiger partial charge >= 0.3 is 0 Å². The van der Waals surface area contributed by atoms with Crippen LogP contribution in [0.2, 0.25) is 0 Å². The van der Waals surface area contributed by atoms with E-state index in [-0.39, 0.29) is 35.0 Å². The number of hydrogen-bond donors (Lipinski definition) is 2. The van der Waals surface area contributed by atoms with E-state index in [1.54, 1.807) is 12.1 Å². The number of H-pyrrole nitrogens is 1. The number of nitrogens with one attached hydrogen (secondary N) is 2. The van der Waals surface area contributed by atoms with Gasteiger partial charge < -0.3 is 15.2 Å². The van der Waals surface area contributed by atoms with Gasteiger partial charge in [0.1, 0.15) is 11.5 Å². The molecule has 0 bridgehead atoms. The summed E-state index contributed by atoms with van der Waals surface area (Å²) in [5, 5.41) is 3.92. The van der Waals surface area contributed by atoms with Crippen molar-refractivity contribution in [3.05, 3.63) is 71.2 Å². The van der Waals surface area contributed by atoms with Crippen LogP contribution < -0.4 is 5.32 Å². The molecule has 34 heavy (non-hydrogen) atoms. The number of aromatic amines is 1. The lowest BCUT2D eigenvalue weighted by Gasteiger charge is -2.39. The van der Waals surface area contributed by atoms with E-state index >= 15 is 0 Å². The second-order valence-corrected chi connectivity index (χ2v) is 10.3. The molecular formula is C28H32FN3O2. The lowest BCUT2D eigenvalue weighted by Crippen LogP contribution is -2.43.